The number of hydrogen-bond acceptors (Lipinski definition) is 5. The molecule has 0 atom stereocenters. The molecular formula is C20H23N5O2S. The van der Waals surface area contributed by atoms with Gasteiger partial charge in [-0.3, -0.25) is 4.68 Å². The Bertz CT molecular complexity index is 1040. The van der Waals surface area contributed by atoms with E-state index in [0.717, 1.165) is 42.5 Å². The van der Waals surface area contributed by atoms with E-state index in [1.54, 1.807) is 18.3 Å². The summed E-state index contributed by atoms with van der Waals surface area (Å²) in [4.78, 5) is 8.55. The number of rotatable bonds is 5. The van der Waals surface area contributed by atoms with Crippen molar-refractivity contribution in [3.05, 3.63) is 60.8 Å². The highest BCUT2D eigenvalue weighted by Crippen LogP contribution is 2.30. The third kappa shape index (κ3) is 3.98. The number of nitrogens with zero attached hydrogens (tertiary/aromatic N) is 4. The van der Waals surface area contributed by atoms with Gasteiger partial charge in [0.25, 0.3) is 0 Å². The molecule has 0 amide bonds. The minimum Gasteiger partial charge on any atom is -0.269 e. The molecule has 0 unspecified atom stereocenters. The Morgan fingerprint density at radius 3 is 2.61 bits per heavy atom. The maximum Gasteiger partial charge on any atom is 0.241 e. The molecule has 2 heterocycles. The summed E-state index contributed by atoms with van der Waals surface area (Å²) in [5, 5.41) is 4.49. The van der Waals surface area contributed by atoms with E-state index in [1.807, 2.05) is 42.2 Å². The predicted molar refractivity (Wildman–Crippen MR) is 106 cm³/mol. The van der Waals surface area contributed by atoms with Crippen LogP contribution in [0.2, 0.25) is 0 Å². The molecule has 0 radical (unpaired) electrons. The second-order valence-corrected chi connectivity index (χ2v) is 8.88. The fourth-order valence-electron chi connectivity index (χ4n) is 3.73. The SMILES string of the molecule is Cc1ccccc1S(=O)(=O)NC1CCC(n2cc(-c3ccncn3)cn2)CC1. The Labute approximate surface area is 164 Å². The monoisotopic (exact) mass is 397 g/mol. The van der Waals surface area contributed by atoms with Crippen LogP contribution < -0.4 is 4.72 Å². The quantitative estimate of drug-likeness (QED) is 0.714. The predicted octanol–water partition coefficient (Wildman–Crippen LogP) is 3.11. The highest BCUT2D eigenvalue weighted by Gasteiger charge is 2.27. The maximum atomic E-state index is 12.7. The number of nitrogens with one attached hydrogen (secondary N) is 1. The van der Waals surface area contributed by atoms with Gasteiger partial charge in [0.05, 0.1) is 22.8 Å². The summed E-state index contributed by atoms with van der Waals surface area (Å²) in [6.07, 6.45) is 10.4. The van der Waals surface area contributed by atoms with Crippen molar-refractivity contribution in [3.8, 4) is 11.3 Å². The van der Waals surface area contributed by atoms with Crippen LogP contribution in [0.4, 0.5) is 0 Å². The van der Waals surface area contributed by atoms with Crippen molar-refractivity contribution < 1.29 is 8.42 Å². The first-order valence-electron chi connectivity index (χ1n) is 9.41. The van der Waals surface area contributed by atoms with E-state index in [9.17, 15) is 8.42 Å². The summed E-state index contributed by atoms with van der Waals surface area (Å²) in [5.74, 6) is 0. The molecule has 4 rings (SSSR count). The molecule has 0 bridgehead atoms. The maximum absolute atomic E-state index is 12.7. The normalized spacial score (nSPS) is 20.2. The van der Waals surface area contributed by atoms with Crippen LogP contribution in [0, 0.1) is 6.92 Å². The van der Waals surface area contributed by atoms with Crippen molar-refractivity contribution in [2.24, 2.45) is 0 Å². The van der Waals surface area contributed by atoms with Crippen molar-refractivity contribution >= 4 is 10.0 Å². The Kier molecular flexibility index (Phi) is 5.23. The van der Waals surface area contributed by atoms with Gasteiger partial charge in [0.1, 0.15) is 6.33 Å². The Hall–Kier alpha value is -2.58. The summed E-state index contributed by atoms with van der Waals surface area (Å²) in [6, 6.07) is 9.16. The Balaban J connectivity index is 1.39. The summed E-state index contributed by atoms with van der Waals surface area (Å²) >= 11 is 0. The highest BCUT2D eigenvalue weighted by molar-refractivity contribution is 7.89. The lowest BCUT2D eigenvalue weighted by molar-refractivity contribution is 0.294. The number of hydrogen-bond donors (Lipinski definition) is 1. The van der Waals surface area contributed by atoms with Crippen molar-refractivity contribution in [1.82, 2.24) is 24.5 Å². The summed E-state index contributed by atoms with van der Waals surface area (Å²) in [7, 11) is -3.49. The molecule has 7 nitrogen and oxygen atoms in total. The molecule has 2 aromatic heterocycles. The van der Waals surface area contributed by atoms with Crippen LogP contribution in [-0.4, -0.2) is 34.2 Å². The largest absolute Gasteiger partial charge is 0.269 e. The zero-order valence-corrected chi connectivity index (χ0v) is 16.5. The zero-order valence-electron chi connectivity index (χ0n) is 15.7. The van der Waals surface area contributed by atoms with Gasteiger partial charge in [0, 0.05) is 24.0 Å². The summed E-state index contributed by atoms with van der Waals surface area (Å²) in [5.41, 5.74) is 2.57. The molecule has 3 aromatic rings. The van der Waals surface area contributed by atoms with Crippen LogP contribution in [0.3, 0.4) is 0 Å². The second-order valence-electron chi connectivity index (χ2n) is 7.20. The topological polar surface area (TPSA) is 89.8 Å². The molecule has 1 aliphatic carbocycles. The molecule has 1 saturated carbocycles. The average molecular weight is 398 g/mol. The number of benzene rings is 1. The lowest BCUT2D eigenvalue weighted by atomic mass is 9.92. The van der Waals surface area contributed by atoms with Crippen LogP contribution in [0.1, 0.15) is 37.3 Å². The van der Waals surface area contributed by atoms with Gasteiger partial charge >= 0.3 is 0 Å². The molecule has 1 fully saturated rings. The number of aryl methyl sites for hydroxylation is 1. The lowest BCUT2D eigenvalue weighted by Gasteiger charge is -2.29. The van der Waals surface area contributed by atoms with Crippen LogP contribution in [0.25, 0.3) is 11.3 Å². The molecule has 0 saturated heterocycles. The van der Waals surface area contributed by atoms with E-state index >= 15 is 0 Å². The molecule has 1 N–H and O–H groups in total. The van der Waals surface area contributed by atoms with Gasteiger partial charge in [0.2, 0.25) is 10.0 Å². The van der Waals surface area contributed by atoms with E-state index in [1.165, 1.54) is 6.33 Å². The van der Waals surface area contributed by atoms with Crippen molar-refractivity contribution in [2.75, 3.05) is 0 Å². The molecule has 8 heteroatoms. The molecular weight excluding hydrogens is 374 g/mol. The van der Waals surface area contributed by atoms with Crippen LogP contribution in [-0.2, 0) is 10.0 Å². The van der Waals surface area contributed by atoms with E-state index in [2.05, 4.69) is 19.8 Å². The fourth-order valence-corrected chi connectivity index (χ4v) is 5.28. The van der Waals surface area contributed by atoms with E-state index in [4.69, 9.17) is 0 Å². The van der Waals surface area contributed by atoms with Gasteiger partial charge in [0.15, 0.2) is 0 Å². The minimum atomic E-state index is -3.49. The highest BCUT2D eigenvalue weighted by atomic mass is 32.2. The van der Waals surface area contributed by atoms with Gasteiger partial charge in [-0.25, -0.2) is 23.1 Å². The summed E-state index contributed by atoms with van der Waals surface area (Å²) in [6.45, 7) is 1.82. The third-order valence-corrected chi connectivity index (χ3v) is 6.94. The van der Waals surface area contributed by atoms with E-state index in [-0.39, 0.29) is 12.1 Å². The van der Waals surface area contributed by atoms with Crippen molar-refractivity contribution in [1.29, 1.82) is 0 Å². The Morgan fingerprint density at radius 2 is 1.89 bits per heavy atom. The third-order valence-electron chi connectivity index (χ3n) is 5.25. The molecule has 146 valence electrons. The number of aromatic nitrogens is 4. The van der Waals surface area contributed by atoms with Crippen LogP contribution >= 0.6 is 0 Å². The van der Waals surface area contributed by atoms with Crippen LogP contribution in [0.15, 0.2) is 60.1 Å². The van der Waals surface area contributed by atoms with E-state index < -0.39 is 10.0 Å². The molecule has 0 spiro atoms. The fraction of sp³-hybridized carbons (Fsp3) is 0.350. The molecule has 1 aliphatic rings. The van der Waals surface area contributed by atoms with Crippen LogP contribution in [0.5, 0.6) is 0 Å². The van der Waals surface area contributed by atoms with Gasteiger partial charge in [-0.1, -0.05) is 18.2 Å². The van der Waals surface area contributed by atoms with Gasteiger partial charge in [-0.15, -0.1) is 0 Å². The first kappa shape index (κ1) is 18.8. The lowest BCUT2D eigenvalue weighted by Crippen LogP contribution is -2.38. The van der Waals surface area contributed by atoms with Gasteiger partial charge < -0.3 is 0 Å². The standard InChI is InChI=1S/C20H23N5O2S/c1-15-4-2-3-5-20(15)28(26,27)24-17-6-8-18(9-7-17)25-13-16(12-23-25)19-10-11-21-14-22-19/h2-5,10-14,17-18,24H,6-9H2,1H3. The van der Waals surface area contributed by atoms with Gasteiger partial charge in [-0.2, -0.15) is 5.10 Å². The Morgan fingerprint density at radius 1 is 1.11 bits per heavy atom. The first-order valence-corrected chi connectivity index (χ1v) is 10.9. The minimum absolute atomic E-state index is 0.0437. The van der Waals surface area contributed by atoms with E-state index in [0.29, 0.717) is 4.90 Å². The zero-order chi connectivity index (χ0) is 19.6. The number of sulfonamides is 1. The first-order chi connectivity index (χ1) is 13.5. The second kappa shape index (κ2) is 7.81. The average Bonchev–Trinajstić information content (AvgIpc) is 3.19. The molecule has 28 heavy (non-hydrogen) atoms. The molecule has 0 aliphatic heterocycles. The van der Waals surface area contributed by atoms with Crippen molar-refractivity contribution in [2.45, 2.75) is 49.6 Å². The van der Waals surface area contributed by atoms with Crippen molar-refractivity contribution in [3.63, 3.8) is 0 Å². The van der Waals surface area contributed by atoms with Gasteiger partial charge in [-0.05, 0) is 50.3 Å². The smallest absolute Gasteiger partial charge is 0.241 e. The molecule has 1 aromatic carbocycles. The summed E-state index contributed by atoms with van der Waals surface area (Å²) < 4.78 is 30.2.